The van der Waals surface area contributed by atoms with E-state index in [9.17, 15) is 0 Å². The zero-order chi connectivity index (χ0) is 30.3. The van der Waals surface area contributed by atoms with Crippen molar-refractivity contribution in [1.29, 1.82) is 0 Å². The number of hydrogen-bond donors (Lipinski definition) is 0. The maximum Gasteiger partial charge on any atom is 0.241 e. The van der Waals surface area contributed by atoms with Gasteiger partial charge in [0.25, 0.3) is 0 Å². The van der Waals surface area contributed by atoms with Crippen molar-refractivity contribution in [3.8, 4) is 23.7 Å². The van der Waals surface area contributed by atoms with Crippen LogP contribution in [0.25, 0.3) is 55.6 Å². The first-order chi connectivity index (χ1) is 22.1. The Morgan fingerprint density at radius 1 is 0.511 bits per heavy atom. The maximum absolute atomic E-state index is 6.26. The number of hydrogen-bond acceptors (Lipinski definition) is 5. The molecule has 0 bridgehead atoms. The van der Waals surface area contributed by atoms with Gasteiger partial charge in [0, 0.05) is 48.0 Å². The van der Waals surface area contributed by atoms with Crippen LogP contribution >= 0.6 is 0 Å². The molecule has 0 spiro atoms. The van der Waals surface area contributed by atoms with Crippen LogP contribution in [0, 0.1) is 0 Å². The van der Waals surface area contributed by atoms with E-state index < -0.39 is 0 Å². The van der Waals surface area contributed by atoms with Crippen LogP contribution in [0.5, 0.6) is 11.8 Å². The highest BCUT2D eigenvalue weighted by atomic mass is 16.5. The van der Waals surface area contributed by atoms with Crippen LogP contribution in [0.3, 0.4) is 0 Å². The molecule has 0 aliphatic heterocycles. The van der Waals surface area contributed by atoms with Gasteiger partial charge in [-0.3, -0.25) is 9.13 Å². The second-order valence-electron chi connectivity index (χ2n) is 10.7. The monoisotopic (exact) mass is 592 g/mol. The normalized spacial score (nSPS) is 11.3. The molecule has 9 heteroatoms. The van der Waals surface area contributed by atoms with Crippen molar-refractivity contribution < 1.29 is 13.6 Å². The largest absolute Gasteiger partial charge is 0.463 e. The fraction of sp³-hybridized carbons (Fsp3) is 0.0556. The van der Waals surface area contributed by atoms with E-state index in [4.69, 9.17) is 23.5 Å². The van der Waals surface area contributed by atoms with Gasteiger partial charge in [-0.2, -0.15) is 9.97 Å². The van der Waals surface area contributed by atoms with E-state index in [-0.39, 0.29) is 0 Å². The number of ether oxygens (including phenoxy) is 1. The molecule has 0 fully saturated rings. The molecule has 0 radical (unpaired) electrons. The Labute approximate surface area is 257 Å². The number of para-hydroxylation sites is 4. The first-order valence-corrected chi connectivity index (χ1v) is 14.5. The molecular weight excluding hydrogens is 564 g/mol. The predicted octanol–water partition coefficient (Wildman–Crippen LogP) is 8.57. The van der Waals surface area contributed by atoms with Crippen LogP contribution in [-0.2, 0) is 14.1 Å². The smallest absolute Gasteiger partial charge is 0.241 e. The van der Waals surface area contributed by atoms with Crippen LogP contribution in [0.15, 0.2) is 143 Å². The SMILES string of the molecule is Cn1cc(Oc2cn(C)c(-n3ccoc4ccccc4c4ccccc43)n2)nc1-n1ccoc2ccccc2c2ccccc21. The molecule has 220 valence electrons. The summed E-state index contributed by atoms with van der Waals surface area (Å²) in [6, 6.07) is 32.4. The minimum atomic E-state index is 0.410. The Bertz CT molecular complexity index is 2290. The van der Waals surface area contributed by atoms with E-state index in [0.29, 0.717) is 23.7 Å². The highest BCUT2D eigenvalue weighted by molar-refractivity contribution is 6.03. The van der Waals surface area contributed by atoms with Gasteiger partial charge in [-0.15, -0.1) is 0 Å². The Morgan fingerprint density at radius 3 is 1.38 bits per heavy atom. The van der Waals surface area contributed by atoms with E-state index in [1.807, 2.05) is 118 Å². The van der Waals surface area contributed by atoms with Crippen molar-refractivity contribution in [2.24, 2.45) is 14.1 Å². The summed E-state index contributed by atoms with van der Waals surface area (Å²) in [5.74, 6) is 2.13. The molecule has 0 saturated heterocycles. The van der Waals surface area contributed by atoms with Crippen molar-refractivity contribution in [2.75, 3.05) is 0 Å². The fourth-order valence-corrected chi connectivity index (χ4v) is 5.76. The average Bonchev–Trinajstić information content (AvgIpc) is 3.60. The minimum Gasteiger partial charge on any atom is -0.463 e. The average molecular weight is 593 g/mol. The molecule has 0 unspecified atom stereocenters. The molecule has 0 saturated carbocycles. The highest BCUT2D eigenvalue weighted by Crippen LogP contribution is 2.28. The molecule has 4 aromatic carbocycles. The summed E-state index contributed by atoms with van der Waals surface area (Å²) in [5.41, 5.74) is 3.53. The molecule has 0 N–H and O–H groups in total. The number of rotatable bonds is 4. The number of imidazole rings is 2. The molecule has 45 heavy (non-hydrogen) atoms. The van der Waals surface area contributed by atoms with Crippen molar-refractivity contribution in [2.45, 2.75) is 0 Å². The number of aryl methyl sites for hydroxylation is 2. The van der Waals surface area contributed by atoms with Gasteiger partial charge in [0.1, 0.15) is 23.7 Å². The fourth-order valence-electron chi connectivity index (χ4n) is 5.76. The first-order valence-electron chi connectivity index (χ1n) is 14.5. The Morgan fingerprint density at radius 2 is 0.911 bits per heavy atom. The van der Waals surface area contributed by atoms with Crippen LogP contribution < -0.4 is 4.74 Å². The Balaban J connectivity index is 1.21. The molecule has 8 rings (SSSR count). The Hall–Kier alpha value is -6.22. The molecule has 0 aliphatic carbocycles. The third kappa shape index (κ3) is 4.67. The lowest BCUT2D eigenvalue weighted by molar-refractivity contribution is 0.448. The maximum atomic E-state index is 6.26. The third-order valence-corrected chi connectivity index (χ3v) is 7.79. The topological polar surface area (TPSA) is 81.0 Å². The van der Waals surface area contributed by atoms with Gasteiger partial charge in [-0.25, -0.2) is 0 Å². The van der Waals surface area contributed by atoms with E-state index in [2.05, 4.69) is 36.4 Å². The quantitative estimate of drug-likeness (QED) is 0.204. The van der Waals surface area contributed by atoms with E-state index in [1.54, 1.807) is 12.5 Å². The van der Waals surface area contributed by atoms with E-state index >= 15 is 0 Å². The van der Waals surface area contributed by atoms with Gasteiger partial charge in [-0.1, -0.05) is 72.8 Å². The summed E-state index contributed by atoms with van der Waals surface area (Å²) in [6.45, 7) is 0. The third-order valence-electron chi connectivity index (χ3n) is 7.79. The van der Waals surface area contributed by atoms with Crippen LogP contribution in [0.1, 0.15) is 0 Å². The summed E-state index contributed by atoms with van der Waals surface area (Å²) < 4.78 is 26.0. The second kappa shape index (κ2) is 10.8. The number of benzene rings is 4. The van der Waals surface area contributed by atoms with Crippen LogP contribution in [-0.4, -0.2) is 28.2 Å². The van der Waals surface area contributed by atoms with Crippen LogP contribution in [0.2, 0.25) is 0 Å². The molecule has 4 aromatic heterocycles. The highest BCUT2D eigenvalue weighted by Gasteiger charge is 2.15. The lowest BCUT2D eigenvalue weighted by Crippen LogP contribution is -2.03. The van der Waals surface area contributed by atoms with Gasteiger partial charge >= 0.3 is 0 Å². The number of fused-ring (bicyclic) bond motifs is 6. The van der Waals surface area contributed by atoms with E-state index in [0.717, 1.165) is 43.7 Å². The van der Waals surface area contributed by atoms with Gasteiger partial charge < -0.3 is 22.7 Å². The van der Waals surface area contributed by atoms with E-state index in [1.165, 1.54) is 0 Å². The summed E-state index contributed by atoms with van der Waals surface area (Å²) in [6.07, 6.45) is 10.8. The van der Waals surface area contributed by atoms with Gasteiger partial charge in [0.2, 0.25) is 23.7 Å². The summed E-state index contributed by atoms with van der Waals surface area (Å²) in [7, 11) is 3.87. The van der Waals surface area contributed by atoms with Crippen molar-refractivity contribution in [1.82, 2.24) is 28.2 Å². The lowest BCUT2D eigenvalue weighted by Gasteiger charge is -2.10. The molecule has 8 aromatic rings. The molecule has 4 heterocycles. The number of nitrogens with zero attached hydrogens (tertiary/aromatic N) is 6. The lowest BCUT2D eigenvalue weighted by atomic mass is 10.1. The Kier molecular flexibility index (Phi) is 6.34. The standard InChI is InChI=1S/C36H28N6O3/c1-39-23-33(37-35(39)41-19-21-43-31-17-9-5-13-27(31)25-11-3-7-15-29(25)41)45-34-24-40(2)36(38-34)42-20-22-44-32-18-10-6-14-28(32)26-12-4-8-16-30(26)42/h3-24H,1-2H3. The second-order valence-corrected chi connectivity index (χ2v) is 10.7. The van der Waals surface area contributed by atoms with Crippen molar-refractivity contribution in [3.63, 3.8) is 0 Å². The first kappa shape index (κ1) is 26.4. The van der Waals surface area contributed by atoms with Crippen molar-refractivity contribution in [3.05, 3.63) is 134 Å². The summed E-state index contributed by atoms with van der Waals surface area (Å²) in [5, 5.41) is 4.07. The zero-order valence-electron chi connectivity index (χ0n) is 24.6. The number of aromatic nitrogens is 6. The minimum absolute atomic E-state index is 0.410. The zero-order valence-corrected chi connectivity index (χ0v) is 24.6. The van der Waals surface area contributed by atoms with Crippen LogP contribution in [0.4, 0.5) is 0 Å². The molecule has 9 nitrogen and oxygen atoms in total. The predicted molar refractivity (Wildman–Crippen MR) is 175 cm³/mol. The molecule has 0 atom stereocenters. The summed E-state index contributed by atoms with van der Waals surface area (Å²) in [4.78, 5) is 9.72. The van der Waals surface area contributed by atoms with Gasteiger partial charge in [-0.05, 0) is 24.3 Å². The van der Waals surface area contributed by atoms with Gasteiger partial charge in [0.05, 0.1) is 23.4 Å². The van der Waals surface area contributed by atoms with Gasteiger partial charge in [0.15, 0.2) is 0 Å². The van der Waals surface area contributed by atoms with Crippen molar-refractivity contribution >= 4 is 43.7 Å². The molecule has 0 aliphatic rings. The molecule has 0 amide bonds. The molecular formula is C36H28N6O3. The summed E-state index contributed by atoms with van der Waals surface area (Å²) >= 11 is 0.